The Hall–Kier alpha value is -4.20. The molecule has 0 radical (unpaired) electrons. The van der Waals surface area contributed by atoms with Crippen molar-refractivity contribution in [3.63, 3.8) is 0 Å². The molecule has 150 valence electrons. The molecule has 2 aromatic carbocycles. The minimum Gasteiger partial charge on any atom is -0.545 e. The van der Waals surface area contributed by atoms with E-state index in [2.05, 4.69) is 5.32 Å². The molecule has 2 heterocycles. The van der Waals surface area contributed by atoms with Gasteiger partial charge in [0.15, 0.2) is 0 Å². The summed E-state index contributed by atoms with van der Waals surface area (Å²) in [6.45, 7) is 0.0109. The SMILES string of the molecule is O=C([O-])c1cccc(-n2cccc2C=C2NC(=O)N(Cc3ccc(F)cc3)C2=O)c1. The zero-order chi connectivity index (χ0) is 21.3. The predicted octanol–water partition coefficient (Wildman–Crippen LogP) is 2.07. The van der Waals surface area contributed by atoms with Crippen molar-refractivity contribution in [2.45, 2.75) is 6.54 Å². The molecular weight excluding hydrogens is 389 g/mol. The van der Waals surface area contributed by atoms with Crippen molar-refractivity contribution < 1.29 is 23.9 Å². The van der Waals surface area contributed by atoms with Gasteiger partial charge in [0.1, 0.15) is 11.5 Å². The van der Waals surface area contributed by atoms with Crippen LogP contribution in [0.1, 0.15) is 21.6 Å². The molecule has 3 aromatic rings. The van der Waals surface area contributed by atoms with Gasteiger partial charge in [-0.25, -0.2) is 9.18 Å². The Bertz CT molecular complexity index is 1180. The molecule has 1 fully saturated rings. The second-order valence-electron chi connectivity index (χ2n) is 6.65. The molecule has 3 amide bonds. The van der Waals surface area contributed by atoms with Gasteiger partial charge in [-0.2, -0.15) is 0 Å². The first-order valence-electron chi connectivity index (χ1n) is 9.00. The monoisotopic (exact) mass is 404 g/mol. The van der Waals surface area contributed by atoms with E-state index in [0.29, 0.717) is 16.9 Å². The lowest BCUT2D eigenvalue weighted by atomic mass is 10.2. The second-order valence-corrected chi connectivity index (χ2v) is 6.65. The van der Waals surface area contributed by atoms with Gasteiger partial charge in [0, 0.05) is 17.6 Å². The highest BCUT2D eigenvalue weighted by atomic mass is 19.1. The molecule has 1 N–H and O–H groups in total. The molecular formula is C22H15FN3O4-. The lowest BCUT2D eigenvalue weighted by molar-refractivity contribution is -0.255. The summed E-state index contributed by atoms with van der Waals surface area (Å²) >= 11 is 0. The molecule has 0 aliphatic carbocycles. The second kappa shape index (κ2) is 7.67. The van der Waals surface area contributed by atoms with Crippen LogP contribution in [-0.2, 0) is 11.3 Å². The number of aromatic nitrogens is 1. The fraction of sp³-hybridized carbons (Fsp3) is 0.0455. The number of aromatic carboxylic acids is 1. The summed E-state index contributed by atoms with van der Waals surface area (Å²) in [7, 11) is 0. The molecule has 0 spiro atoms. The molecule has 0 bridgehead atoms. The van der Waals surface area contributed by atoms with Crippen molar-refractivity contribution in [1.82, 2.24) is 14.8 Å². The van der Waals surface area contributed by atoms with Crippen LogP contribution in [0.4, 0.5) is 9.18 Å². The topological polar surface area (TPSA) is 94.5 Å². The number of nitrogens with zero attached hydrogens (tertiary/aromatic N) is 2. The zero-order valence-electron chi connectivity index (χ0n) is 15.5. The van der Waals surface area contributed by atoms with Crippen molar-refractivity contribution in [3.05, 3.63) is 95.2 Å². The van der Waals surface area contributed by atoms with Crippen LogP contribution in [0.15, 0.2) is 72.6 Å². The molecule has 1 aliphatic rings. The minimum absolute atomic E-state index is 0.0109. The van der Waals surface area contributed by atoms with E-state index in [1.165, 1.54) is 42.5 Å². The van der Waals surface area contributed by atoms with E-state index < -0.39 is 23.7 Å². The minimum atomic E-state index is -1.29. The molecule has 1 aliphatic heterocycles. The number of halogens is 1. The van der Waals surface area contributed by atoms with Crippen LogP contribution >= 0.6 is 0 Å². The zero-order valence-corrected chi connectivity index (χ0v) is 15.5. The van der Waals surface area contributed by atoms with Crippen molar-refractivity contribution in [1.29, 1.82) is 0 Å². The molecule has 0 saturated carbocycles. The van der Waals surface area contributed by atoms with Gasteiger partial charge in [-0.1, -0.05) is 24.3 Å². The van der Waals surface area contributed by atoms with Crippen LogP contribution in [0.2, 0.25) is 0 Å². The van der Waals surface area contributed by atoms with Crippen molar-refractivity contribution in [2.75, 3.05) is 0 Å². The van der Waals surface area contributed by atoms with Gasteiger partial charge in [-0.05, 0) is 53.6 Å². The third-order valence-corrected chi connectivity index (χ3v) is 4.65. The van der Waals surface area contributed by atoms with E-state index in [1.54, 1.807) is 35.0 Å². The van der Waals surface area contributed by atoms with E-state index >= 15 is 0 Å². The smallest absolute Gasteiger partial charge is 0.329 e. The molecule has 8 heteroatoms. The van der Waals surface area contributed by atoms with Gasteiger partial charge in [-0.15, -0.1) is 0 Å². The number of hydrogen-bond donors (Lipinski definition) is 1. The van der Waals surface area contributed by atoms with Crippen LogP contribution in [0.5, 0.6) is 0 Å². The number of imide groups is 1. The number of urea groups is 1. The maximum Gasteiger partial charge on any atom is 0.329 e. The van der Waals surface area contributed by atoms with E-state index in [4.69, 9.17) is 0 Å². The first-order chi connectivity index (χ1) is 14.4. The average molecular weight is 404 g/mol. The fourth-order valence-corrected chi connectivity index (χ4v) is 3.17. The number of carbonyl (C=O) groups is 3. The lowest BCUT2D eigenvalue weighted by Crippen LogP contribution is -2.30. The van der Waals surface area contributed by atoms with E-state index in [-0.39, 0.29) is 17.8 Å². The Morgan fingerprint density at radius 3 is 2.57 bits per heavy atom. The van der Waals surface area contributed by atoms with Gasteiger partial charge in [-0.3, -0.25) is 9.69 Å². The number of hydrogen-bond acceptors (Lipinski definition) is 4. The molecule has 1 saturated heterocycles. The van der Waals surface area contributed by atoms with Crippen LogP contribution in [-0.4, -0.2) is 27.4 Å². The summed E-state index contributed by atoms with van der Waals surface area (Å²) in [5.41, 5.74) is 1.85. The highest BCUT2D eigenvalue weighted by Crippen LogP contribution is 2.20. The fourth-order valence-electron chi connectivity index (χ4n) is 3.17. The molecule has 30 heavy (non-hydrogen) atoms. The summed E-state index contributed by atoms with van der Waals surface area (Å²) in [6, 6.07) is 14.6. The highest BCUT2D eigenvalue weighted by Gasteiger charge is 2.33. The number of rotatable bonds is 5. The van der Waals surface area contributed by atoms with Crippen molar-refractivity contribution in [3.8, 4) is 5.69 Å². The number of benzene rings is 2. The standard InChI is InChI=1S/C22H16FN3O4/c23-16-8-6-14(7-9-16)13-26-20(27)19(24-22(26)30)12-18-5-2-10-25(18)17-4-1-3-15(11-17)21(28)29/h1-12H,13H2,(H,24,30)(H,28,29)/p-1. The maximum absolute atomic E-state index is 13.1. The molecule has 0 atom stereocenters. The lowest BCUT2D eigenvalue weighted by Gasteiger charge is -2.11. The van der Waals surface area contributed by atoms with Gasteiger partial charge in [0.2, 0.25) is 0 Å². The van der Waals surface area contributed by atoms with Crippen LogP contribution < -0.4 is 10.4 Å². The Balaban J connectivity index is 1.60. The third kappa shape index (κ3) is 3.70. The summed E-state index contributed by atoms with van der Waals surface area (Å²) in [5, 5.41) is 13.7. The highest BCUT2D eigenvalue weighted by molar-refractivity contribution is 6.13. The first kappa shape index (κ1) is 19.1. The maximum atomic E-state index is 13.1. The van der Waals surface area contributed by atoms with Crippen LogP contribution in [0.25, 0.3) is 11.8 Å². The molecule has 1 aromatic heterocycles. The van der Waals surface area contributed by atoms with Gasteiger partial charge < -0.3 is 19.8 Å². The third-order valence-electron chi connectivity index (χ3n) is 4.65. The average Bonchev–Trinajstić information content (AvgIpc) is 3.30. The van der Waals surface area contributed by atoms with E-state index in [1.807, 2.05) is 0 Å². The van der Waals surface area contributed by atoms with Crippen LogP contribution in [0, 0.1) is 5.82 Å². The van der Waals surface area contributed by atoms with Gasteiger partial charge in [0.05, 0.1) is 12.5 Å². The normalized spacial score (nSPS) is 15.0. The Morgan fingerprint density at radius 1 is 1.07 bits per heavy atom. The van der Waals surface area contributed by atoms with Gasteiger partial charge in [0.25, 0.3) is 5.91 Å². The summed E-state index contributed by atoms with van der Waals surface area (Å²) in [4.78, 5) is 37.1. The number of carboxylic acid groups (broad SMARTS) is 1. The number of nitrogens with one attached hydrogen (secondary N) is 1. The van der Waals surface area contributed by atoms with Crippen molar-refractivity contribution in [2.24, 2.45) is 0 Å². The number of carboxylic acids is 1. The van der Waals surface area contributed by atoms with Crippen molar-refractivity contribution >= 4 is 24.0 Å². The summed E-state index contributed by atoms with van der Waals surface area (Å²) < 4.78 is 14.7. The summed E-state index contributed by atoms with van der Waals surface area (Å²) in [6.07, 6.45) is 3.22. The van der Waals surface area contributed by atoms with E-state index in [0.717, 1.165) is 4.90 Å². The largest absolute Gasteiger partial charge is 0.545 e. The van der Waals surface area contributed by atoms with Crippen LogP contribution in [0.3, 0.4) is 0 Å². The Labute approximate surface area is 170 Å². The quantitative estimate of drug-likeness (QED) is 0.520. The Kier molecular flexibility index (Phi) is 4.89. The van der Waals surface area contributed by atoms with Gasteiger partial charge >= 0.3 is 6.03 Å². The molecule has 7 nitrogen and oxygen atoms in total. The predicted molar refractivity (Wildman–Crippen MR) is 104 cm³/mol. The number of carbonyl (C=O) groups excluding carboxylic acids is 3. The van der Waals surface area contributed by atoms with E-state index in [9.17, 15) is 23.9 Å². The number of amides is 3. The summed E-state index contributed by atoms with van der Waals surface area (Å²) in [5.74, 6) is -2.21. The first-order valence-corrected chi connectivity index (χ1v) is 9.00. The molecule has 0 unspecified atom stereocenters. The molecule has 4 rings (SSSR count). The Morgan fingerprint density at radius 2 is 1.83 bits per heavy atom.